The monoisotopic (exact) mass is 216 g/mol. The van der Waals surface area contributed by atoms with Crippen LogP contribution in [0.25, 0.3) is 10.8 Å². The number of carbonyl (C=O) groups excluding carboxylic acids is 1. The van der Waals surface area contributed by atoms with Gasteiger partial charge in [0.05, 0.1) is 0 Å². The Labute approximate surface area is 92.5 Å². The summed E-state index contributed by atoms with van der Waals surface area (Å²) in [7, 11) is 3.30. The highest BCUT2D eigenvalue weighted by Gasteiger charge is 2.10. The van der Waals surface area contributed by atoms with E-state index in [9.17, 15) is 9.59 Å². The van der Waals surface area contributed by atoms with Crippen LogP contribution >= 0.6 is 0 Å². The number of fused-ring (bicyclic) bond motifs is 1. The van der Waals surface area contributed by atoms with Gasteiger partial charge in [-0.2, -0.15) is 0 Å². The van der Waals surface area contributed by atoms with Crippen molar-refractivity contribution in [1.82, 2.24) is 9.88 Å². The van der Waals surface area contributed by atoms with Crippen molar-refractivity contribution < 1.29 is 4.79 Å². The lowest BCUT2D eigenvalue weighted by Crippen LogP contribution is -2.25. The first-order valence-corrected chi connectivity index (χ1v) is 4.93. The molecule has 0 spiro atoms. The van der Waals surface area contributed by atoms with E-state index < -0.39 is 0 Å². The van der Waals surface area contributed by atoms with Gasteiger partial charge in [0.1, 0.15) is 5.69 Å². The summed E-state index contributed by atoms with van der Waals surface area (Å²) in [6.07, 6.45) is 0. The zero-order valence-electron chi connectivity index (χ0n) is 9.15. The van der Waals surface area contributed by atoms with Crippen LogP contribution in [0.1, 0.15) is 10.5 Å². The highest BCUT2D eigenvalue weighted by molar-refractivity contribution is 5.95. The van der Waals surface area contributed by atoms with Gasteiger partial charge in [0, 0.05) is 19.5 Å². The number of nitrogens with one attached hydrogen (secondary N) is 1. The van der Waals surface area contributed by atoms with E-state index in [0.29, 0.717) is 11.1 Å². The summed E-state index contributed by atoms with van der Waals surface area (Å²) in [5.41, 5.74) is 0.0806. The van der Waals surface area contributed by atoms with E-state index in [1.807, 2.05) is 12.1 Å². The van der Waals surface area contributed by atoms with Gasteiger partial charge in [0.15, 0.2) is 0 Å². The summed E-state index contributed by atoms with van der Waals surface area (Å²) >= 11 is 0. The number of rotatable bonds is 1. The smallest absolute Gasteiger partial charge is 0.269 e. The summed E-state index contributed by atoms with van der Waals surface area (Å²) in [6.45, 7) is 0. The molecule has 0 radical (unpaired) electrons. The zero-order valence-corrected chi connectivity index (χ0v) is 9.15. The first kappa shape index (κ1) is 10.4. The first-order chi connectivity index (χ1) is 7.59. The first-order valence-electron chi connectivity index (χ1n) is 4.93. The van der Waals surface area contributed by atoms with Crippen molar-refractivity contribution in [3.8, 4) is 0 Å². The number of amides is 1. The molecule has 0 bridgehead atoms. The van der Waals surface area contributed by atoms with Crippen LogP contribution in [0, 0.1) is 0 Å². The summed E-state index contributed by atoms with van der Waals surface area (Å²) in [6, 6.07) is 8.88. The predicted molar refractivity (Wildman–Crippen MR) is 62.6 cm³/mol. The van der Waals surface area contributed by atoms with E-state index in [-0.39, 0.29) is 11.5 Å². The van der Waals surface area contributed by atoms with Gasteiger partial charge >= 0.3 is 0 Å². The Morgan fingerprint density at radius 3 is 2.62 bits per heavy atom. The molecule has 2 rings (SSSR count). The van der Waals surface area contributed by atoms with Gasteiger partial charge in [-0.3, -0.25) is 9.59 Å². The van der Waals surface area contributed by atoms with Crippen molar-refractivity contribution >= 4 is 16.7 Å². The van der Waals surface area contributed by atoms with Gasteiger partial charge in [-0.15, -0.1) is 0 Å². The second-order valence-electron chi connectivity index (χ2n) is 3.80. The van der Waals surface area contributed by atoms with E-state index >= 15 is 0 Å². The van der Waals surface area contributed by atoms with E-state index in [1.54, 1.807) is 32.3 Å². The van der Waals surface area contributed by atoms with Crippen molar-refractivity contribution in [1.29, 1.82) is 0 Å². The van der Waals surface area contributed by atoms with E-state index in [0.717, 1.165) is 5.39 Å². The van der Waals surface area contributed by atoms with Crippen LogP contribution in [0.5, 0.6) is 0 Å². The molecule has 1 heterocycles. The average molecular weight is 216 g/mol. The minimum atomic E-state index is -0.233. The third-order valence-corrected chi connectivity index (χ3v) is 2.39. The minimum Gasteiger partial charge on any atom is -0.344 e. The molecule has 0 saturated heterocycles. The molecule has 0 atom stereocenters. The van der Waals surface area contributed by atoms with Crippen molar-refractivity contribution in [2.24, 2.45) is 0 Å². The Hall–Kier alpha value is -2.10. The number of benzene rings is 1. The predicted octanol–water partition coefficient (Wildman–Crippen LogP) is 1.23. The van der Waals surface area contributed by atoms with Crippen LogP contribution in [-0.4, -0.2) is 29.9 Å². The number of carbonyl (C=O) groups is 1. The SMILES string of the molecule is CN(C)C(=O)c1cc2ccccc2c(=O)[nH]1. The molecule has 1 amide bonds. The van der Waals surface area contributed by atoms with Crippen molar-refractivity contribution in [2.45, 2.75) is 0 Å². The summed E-state index contributed by atoms with van der Waals surface area (Å²) in [5, 5.41) is 1.37. The summed E-state index contributed by atoms with van der Waals surface area (Å²) < 4.78 is 0. The molecule has 4 heteroatoms. The lowest BCUT2D eigenvalue weighted by atomic mass is 10.1. The number of H-pyrrole nitrogens is 1. The number of pyridine rings is 1. The van der Waals surface area contributed by atoms with Crippen LogP contribution in [0.3, 0.4) is 0 Å². The fourth-order valence-corrected chi connectivity index (χ4v) is 1.57. The molecule has 1 N–H and O–H groups in total. The van der Waals surface area contributed by atoms with Crippen LogP contribution in [-0.2, 0) is 0 Å². The van der Waals surface area contributed by atoms with E-state index in [1.165, 1.54) is 4.90 Å². The quantitative estimate of drug-likeness (QED) is 0.779. The number of nitrogens with zero attached hydrogens (tertiary/aromatic N) is 1. The molecule has 82 valence electrons. The maximum atomic E-state index is 11.7. The highest BCUT2D eigenvalue weighted by atomic mass is 16.2. The fourth-order valence-electron chi connectivity index (χ4n) is 1.57. The molecule has 1 aromatic carbocycles. The second-order valence-corrected chi connectivity index (χ2v) is 3.80. The molecule has 4 nitrogen and oxygen atoms in total. The minimum absolute atomic E-state index is 0.206. The highest BCUT2D eigenvalue weighted by Crippen LogP contribution is 2.10. The van der Waals surface area contributed by atoms with Gasteiger partial charge in [0.2, 0.25) is 0 Å². The normalized spacial score (nSPS) is 10.4. The maximum Gasteiger partial charge on any atom is 0.269 e. The average Bonchev–Trinajstić information content (AvgIpc) is 2.28. The Kier molecular flexibility index (Phi) is 2.48. The Bertz CT molecular complexity index is 599. The van der Waals surface area contributed by atoms with E-state index in [2.05, 4.69) is 4.98 Å². The van der Waals surface area contributed by atoms with Gasteiger partial charge in [-0.25, -0.2) is 0 Å². The molecule has 0 aliphatic heterocycles. The number of aromatic nitrogens is 1. The van der Waals surface area contributed by atoms with Gasteiger partial charge in [0.25, 0.3) is 11.5 Å². The Morgan fingerprint density at radius 2 is 1.94 bits per heavy atom. The standard InChI is InChI=1S/C12H12N2O2/c1-14(2)12(16)10-7-8-5-3-4-6-9(8)11(15)13-10/h3-7H,1-2H3,(H,13,15). The zero-order chi connectivity index (χ0) is 11.7. The molecule has 0 fully saturated rings. The summed E-state index contributed by atoms with van der Waals surface area (Å²) in [4.78, 5) is 27.4. The second kappa shape index (κ2) is 3.81. The van der Waals surface area contributed by atoms with Crippen molar-refractivity contribution in [3.63, 3.8) is 0 Å². The van der Waals surface area contributed by atoms with Gasteiger partial charge in [-0.05, 0) is 17.5 Å². The molecule has 2 aromatic rings. The lowest BCUT2D eigenvalue weighted by Gasteiger charge is -2.10. The number of hydrogen-bond acceptors (Lipinski definition) is 2. The summed E-state index contributed by atoms with van der Waals surface area (Å²) in [5.74, 6) is -0.206. The Morgan fingerprint density at radius 1 is 1.25 bits per heavy atom. The third kappa shape index (κ3) is 1.69. The van der Waals surface area contributed by atoms with Crippen LogP contribution in [0.2, 0.25) is 0 Å². The van der Waals surface area contributed by atoms with Gasteiger partial charge < -0.3 is 9.88 Å². The third-order valence-electron chi connectivity index (χ3n) is 2.39. The molecule has 0 aliphatic rings. The van der Waals surface area contributed by atoms with Gasteiger partial charge in [-0.1, -0.05) is 18.2 Å². The Balaban J connectivity index is 2.67. The van der Waals surface area contributed by atoms with Crippen molar-refractivity contribution in [3.05, 3.63) is 46.4 Å². The molecule has 1 aromatic heterocycles. The maximum absolute atomic E-state index is 11.7. The number of hydrogen-bond donors (Lipinski definition) is 1. The van der Waals surface area contributed by atoms with Crippen LogP contribution in [0.15, 0.2) is 35.1 Å². The molecule has 0 unspecified atom stereocenters. The van der Waals surface area contributed by atoms with Crippen LogP contribution < -0.4 is 5.56 Å². The number of aromatic amines is 1. The molecule has 16 heavy (non-hydrogen) atoms. The van der Waals surface area contributed by atoms with Crippen molar-refractivity contribution in [2.75, 3.05) is 14.1 Å². The topological polar surface area (TPSA) is 53.2 Å². The molecular weight excluding hydrogens is 204 g/mol. The molecular formula is C12H12N2O2. The molecule has 0 aliphatic carbocycles. The van der Waals surface area contributed by atoms with E-state index in [4.69, 9.17) is 0 Å². The lowest BCUT2D eigenvalue weighted by molar-refractivity contribution is 0.0822. The molecule has 0 saturated carbocycles. The fraction of sp³-hybridized carbons (Fsp3) is 0.167. The van der Waals surface area contributed by atoms with Crippen LogP contribution in [0.4, 0.5) is 0 Å². The largest absolute Gasteiger partial charge is 0.344 e.